The van der Waals surface area contributed by atoms with Crippen molar-refractivity contribution in [2.24, 2.45) is 22.3 Å². The zero-order chi connectivity index (χ0) is 9.50. The van der Waals surface area contributed by atoms with Crippen molar-refractivity contribution in [1.82, 2.24) is 0 Å². The number of hydrogen-bond donors (Lipinski definition) is 2. The molecule has 0 unspecified atom stereocenters. The summed E-state index contributed by atoms with van der Waals surface area (Å²) in [4.78, 5) is 0. The van der Waals surface area contributed by atoms with Gasteiger partial charge in [0.1, 0.15) is 0 Å². The van der Waals surface area contributed by atoms with Crippen molar-refractivity contribution in [3.05, 3.63) is 0 Å². The molecule has 2 nitrogen and oxygen atoms in total. The Kier molecular flexibility index (Phi) is 2.44. The van der Waals surface area contributed by atoms with Gasteiger partial charge >= 0.3 is 0 Å². The van der Waals surface area contributed by atoms with Gasteiger partial charge in [-0.1, -0.05) is 41.5 Å². The topological polar surface area (TPSA) is 52.0 Å². The van der Waals surface area contributed by atoms with Crippen LogP contribution in [0.1, 0.15) is 41.5 Å². The van der Waals surface area contributed by atoms with Crippen molar-refractivity contribution in [1.29, 1.82) is 0 Å². The molecule has 0 aliphatic rings. The fourth-order valence-corrected chi connectivity index (χ4v) is 1.12. The highest BCUT2D eigenvalue weighted by Crippen LogP contribution is 2.37. The first kappa shape index (κ1) is 10.9. The van der Waals surface area contributed by atoms with Crippen molar-refractivity contribution in [3.8, 4) is 0 Å². The minimum absolute atomic E-state index is 0.0642. The van der Waals surface area contributed by atoms with Gasteiger partial charge in [0.05, 0.1) is 5.66 Å². The van der Waals surface area contributed by atoms with E-state index in [2.05, 4.69) is 41.5 Å². The van der Waals surface area contributed by atoms with Crippen LogP contribution in [0.5, 0.6) is 0 Å². The van der Waals surface area contributed by atoms with Gasteiger partial charge in [-0.3, -0.25) is 0 Å². The van der Waals surface area contributed by atoms with Gasteiger partial charge < -0.3 is 11.5 Å². The molecule has 0 atom stereocenters. The molecule has 0 aromatic carbocycles. The summed E-state index contributed by atoms with van der Waals surface area (Å²) >= 11 is 0. The highest BCUT2D eigenvalue weighted by molar-refractivity contribution is 4.98. The van der Waals surface area contributed by atoms with E-state index >= 15 is 0 Å². The lowest BCUT2D eigenvalue weighted by Gasteiger charge is -2.48. The molecule has 0 radical (unpaired) electrons. The molecule has 11 heavy (non-hydrogen) atoms. The molecule has 0 spiro atoms. The third-order valence-electron chi connectivity index (χ3n) is 2.48. The first-order valence-electron chi connectivity index (χ1n) is 4.08. The van der Waals surface area contributed by atoms with E-state index in [4.69, 9.17) is 11.5 Å². The van der Waals surface area contributed by atoms with Gasteiger partial charge in [-0.15, -0.1) is 0 Å². The normalized spacial score (nSPS) is 15.3. The third kappa shape index (κ3) is 1.94. The van der Waals surface area contributed by atoms with Crippen molar-refractivity contribution >= 4 is 0 Å². The van der Waals surface area contributed by atoms with Crippen LogP contribution in [-0.2, 0) is 0 Å². The van der Waals surface area contributed by atoms with Gasteiger partial charge in [0.15, 0.2) is 0 Å². The summed E-state index contributed by atoms with van der Waals surface area (Å²) in [7, 11) is 0. The Labute approximate surface area is 70.3 Å². The van der Waals surface area contributed by atoms with Crippen molar-refractivity contribution in [3.63, 3.8) is 0 Å². The molecule has 0 heterocycles. The maximum atomic E-state index is 6.05. The Morgan fingerprint density at radius 2 is 0.818 bits per heavy atom. The van der Waals surface area contributed by atoms with Crippen molar-refractivity contribution < 1.29 is 0 Å². The second kappa shape index (κ2) is 2.46. The fraction of sp³-hybridized carbons (Fsp3) is 1.00. The molecule has 0 rings (SSSR count). The maximum absolute atomic E-state index is 6.05. The molecule has 0 saturated carbocycles. The Bertz CT molecular complexity index is 119. The molecule has 0 fully saturated rings. The smallest absolute Gasteiger partial charge is 0.0736 e. The quantitative estimate of drug-likeness (QED) is 0.527. The zero-order valence-electron chi connectivity index (χ0n) is 8.65. The van der Waals surface area contributed by atoms with E-state index in [1.54, 1.807) is 0 Å². The molecular formula is C9H22N2. The summed E-state index contributed by atoms with van der Waals surface area (Å²) in [5.74, 6) is 0. The van der Waals surface area contributed by atoms with E-state index in [1.165, 1.54) is 0 Å². The Morgan fingerprint density at radius 3 is 0.818 bits per heavy atom. The van der Waals surface area contributed by atoms with Crippen molar-refractivity contribution in [2.75, 3.05) is 0 Å². The van der Waals surface area contributed by atoms with Gasteiger partial charge in [0.2, 0.25) is 0 Å². The molecular weight excluding hydrogens is 136 g/mol. The van der Waals surface area contributed by atoms with E-state index < -0.39 is 5.66 Å². The molecule has 0 saturated heterocycles. The second-order valence-corrected chi connectivity index (χ2v) is 5.37. The monoisotopic (exact) mass is 158 g/mol. The van der Waals surface area contributed by atoms with E-state index in [0.717, 1.165) is 0 Å². The summed E-state index contributed by atoms with van der Waals surface area (Å²) in [6.07, 6.45) is 0. The molecule has 0 aliphatic carbocycles. The van der Waals surface area contributed by atoms with Gasteiger partial charge in [-0.2, -0.15) is 0 Å². The average Bonchev–Trinajstić information content (AvgIpc) is 1.58. The second-order valence-electron chi connectivity index (χ2n) is 5.37. The molecule has 2 heteroatoms. The summed E-state index contributed by atoms with van der Waals surface area (Å²) in [6.45, 7) is 12.4. The lowest BCUT2D eigenvalue weighted by atomic mass is 9.67. The Morgan fingerprint density at radius 1 is 0.636 bits per heavy atom. The average molecular weight is 158 g/mol. The van der Waals surface area contributed by atoms with Gasteiger partial charge in [0, 0.05) is 0 Å². The number of hydrogen-bond acceptors (Lipinski definition) is 2. The van der Waals surface area contributed by atoms with Crippen molar-refractivity contribution in [2.45, 2.75) is 47.2 Å². The molecule has 68 valence electrons. The predicted octanol–water partition coefficient (Wildman–Crippen LogP) is 1.69. The molecule has 0 aliphatic heterocycles. The first-order valence-corrected chi connectivity index (χ1v) is 4.08. The van der Waals surface area contributed by atoms with Crippen LogP contribution >= 0.6 is 0 Å². The summed E-state index contributed by atoms with van der Waals surface area (Å²) < 4.78 is 0. The van der Waals surface area contributed by atoms with Crippen LogP contribution in [0.4, 0.5) is 0 Å². The standard InChI is InChI=1S/C9H22N2/c1-7(2,3)9(10,11)8(4,5)6/h10-11H2,1-6H3. The summed E-state index contributed by atoms with van der Waals surface area (Å²) in [5, 5.41) is 0. The Balaban J connectivity index is 4.75. The predicted molar refractivity (Wildman–Crippen MR) is 50.0 cm³/mol. The first-order chi connectivity index (χ1) is 4.50. The molecule has 0 amide bonds. The van der Waals surface area contributed by atoms with Crippen LogP contribution in [0.15, 0.2) is 0 Å². The van der Waals surface area contributed by atoms with Gasteiger partial charge in [0.25, 0.3) is 0 Å². The minimum Gasteiger partial charge on any atom is -0.313 e. The molecule has 0 aromatic heterocycles. The fourth-order valence-electron chi connectivity index (χ4n) is 1.12. The van der Waals surface area contributed by atoms with Crippen LogP contribution in [0.2, 0.25) is 0 Å². The number of rotatable bonds is 0. The van der Waals surface area contributed by atoms with E-state index in [1.807, 2.05) is 0 Å². The van der Waals surface area contributed by atoms with Crippen LogP contribution in [-0.4, -0.2) is 5.66 Å². The highest BCUT2D eigenvalue weighted by atomic mass is 15.0. The largest absolute Gasteiger partial charge is 0.313 e. The van der Waals surface area contributed by atoms with Crippen LogP contribution in [0.3, 0.4) is 0 Å². The highest BCUT2D eigenvalue weighted by Gasteiger charge is 2.43. The number of nitrogens with two attached hydrogens (primary N) is 2. The van der Waals surface area contributed by atoms with Crippen LogP contribution in [0.25, 0.3) is 0 Å². The minimum atomic E-state index is -0.625. The van der Waals surface area contributed by atoms with E-state index in [0.29, 0.717) is 0 Å². The maximum Gasteiger partial charge on any atom is 0.0736 e. The van der Waals surface area contributed by atoms with E-state index in [9.17, 15) is 0 Å². The van der Waals surface area contributed by atoms with Gasteiger partial charge in [-0.25, -0.2) is 0 Å². The SMILES string of the molecule is CC(C)(C)C(N)(N)C(C)(C)C. The van der Waals surface area contributed by atoms with E-state index in [-0.39, 0.29) is 10.8 Å². The summed E-state index contributed by atoms with van der Waals surface area (Å²) in [6, 6.07) is 0. The lowest BCUT2D eigenvalue weighted by Crippen LogP contribution is -2.67. The van der Waals surface area contributed by atoms with Crippen LogP contribution in [0, 0.1) is 10.8 Å². The lowest BCUT2D eigenvalue weighted by molar-refractivity contribution is 0.0658. The molecule has 4 N–H and O–H groups in total. The summed E-state index contributed by atoms with van der Waals surface area (Å²) in [5.41, 5.74) is 11.3. The molecule has 0 aromatic rings. The van der Waals surface area contributed by atoms with Gasteiger partial charge in [-0.05, 0) is 10.8 Å². The van der Waals surface area contributed by atoms with Crippen LogP contribution < -0.4 is 11.5 Å². The molecule has 0 bridgehead atoms. The third-order valence-corrected chi connectivity index (χ3v) is 2.48. The Hall–Kier alpha value is -0.0800. The zero-order valence-corrected chi connectivity index (χ0v) is 8.65.